The van der Waals surface area contributed by atoms with Gasteiger partial charge in [-0.1, -0.05) is 11.6 Å². The lowest BCUT2D eigenvalue weighted by atomic mass is 10.3. The van der Waals surface area contributed by atoms with Gasteiger partial charge in [0.05, 0.1) is 4.92 Å². The van der Waals surface area contributed by atoms with Gasteiger partial charge in [-0.2, -0.15) is 0 Å². The molecule has 0 heterocycles. The minimum absolute atomic E-state index is 0.0578. The van der Waals surface area contributed by atoms with Gasteiger partial charge in [0.15, 0.2) is 5.11 Å². The maximum Gasteiger partial charge on any atom is 0.328 e. The van der Waals surface area contributed by atoms with Gasteiger partial charge < -0.3 is 10.6 Å². The van der Waals surface area contributed by atoms with Crippen LogP contribution in [0.15, 0.2) is 18.2 Å². The molecule has 0 fully saturated rings. The number of hydrazine groups is 1. The van der Waals surface area contributed by atoms with E-state index in [2.05, 4.69) is 16.1 Å². The molecule has 0 bridgehead atoms. The highest BCUT2D eigenvalue weighted by atomic mass is 35.5. The summed E-state index contributed by atoms with van der Waals surface area (Å²) < 4.78 is 0. The summed E-state index contributed by atoms with van der Waals surface area (Å²) in [6.45, 7) is 0. The smallest absolute Gasteiger partial charge is 0.328 e. The maximum atomic E-state index is 11.5. The van der Waals surface area contributed by atoms with Crippen LogP contribution >= 0.6 is 23.8 Å². The molecule has 0 atom stereocenters. The van der Waals surface area contributed by atoms with Crippen molar-refractivity contribution in [1.29, 1.82) is 0 Å². The number of benzene rings is 1. The van der Waals surface area contributed by atoms with E-state index in [1.807, 2.05) is 5.43 Å². The Morgan fingerprint density at radius 2 is 1.95 bits per heavy atom. The summed E-state index contributed by atoms with van der Waals surface area (Å²) >= 11 is 10.3. The van der Waals surface area contributed by atoms with Gasteiger partial charge in [0.25, 0.3) is 5.69 Å². The third-order valence-corrected chi connectivity index (χ3v) is 2.75. The number of thiocarbonyl (C=S) groups is 1. The van der Waals surface area contributed by atoms with Crippen LogP contribution in [0.2, 0.25) is 5.02 Å². The SMILES string of the molecule is CNC(=S)NNC(=O)C(=O)Nc1ccc(Cl)c([N+](=O)[O-])c1. The number of nitro groups is 1. The predicted molar refractivity (Wildman–Crippen MR) is 79.7 cm³/mol. The number of hydrogen-bond acceptors (Lipinski definition) is 5. The summed E-state index contributed by atoms with van der Waals surface area (Å²) in [7, 11) is 1.52. The van der Waals surface area contributed by atoms with Crippen LogP contribution < -0.4 is 21.5 Å². The Kier molecular flexibility index (Phi) is 5.81. The number of amides is 2. The molecule has 0 aliphatic rings. The van der Waals surface area contributed by atoms with Crippen molar-refractivity contribution in [2.45, 2.75) is 0 Å². The van der Waals surface area contributed by atoms with Gasteiger partial charge in [-0.05, 0) is 24.4 Å². The lowest BCUT2D eigenvalue weighted by Crippen LogP contribution is -2.49. The highest BCUT2D eigenvalue weighted by Crippen LogP contribution is 2.27. The molecule has 0 saturated heterocycles. The molecular weight excluding hydrogens is 322 g/mol. The molecule has 1 aromatic carbocycles. The summed E-state index contributed by atoms with van der Waals surface area (Å²) in [5.74, 6) is -2.05. The third-order valence-electron chi connectivity index (χ3n) is 2.12. The number of nitrogens with zero attached hydrogens (tertiary/aromatic N) is 1. The molecule has 1 aromatic rings. The Bertz CT molecular complexity index is 609. The van der Waals surface area contributed by atoms with Gasteiger partial charge in [-0.25, -0.2) is 0 Å². The highest BCUT2D eigenvalue weighted by molar-refractivity contribution is 7.80. The minimum atomic E-state index is -1.03. The zero-order chi connectivity index (χ0) is 16.0. The number of carbonyl (C=O) groups is 2. The summed E-state index contributed by atoms with van der Waals surface area (Å²) in [6.07, 6.45) is 0. The lowest BCUT2D eigenvalue weighted by molar-refractivity contribution is -0.384. The van der Waals surface area contributed by atoms with Crippen LogP contribution in [-0.2, 0) is 9.59 Å². The van der Waals surface area contributed by atoms with E-state index in [0.717, 1.165) is 6.07 Å². The Morgan fingerprint density at radius 1 is 1.29 bits per heavy atom. The van der Waals surface area contributed by atoms with Gasteiger partial charge in [0.1, 0.15) is 5.02 Å². The first-order valence-electron chi connectivity index (χ1n) is 5.38. The van der Waals surface area contributed by atoms with E-state index >= 15 is 0 Å². The first-order valence-corrected chi connectivity index (χ1v) is 6.16. The summed E-state index contributed by atoms with van der Waals surface area (Å²) in [6, 6.07) is 3.60. The third kappa shape index (κ3) is 4.85. The summed E-state index contributed by atoms with van der Waals surface area (Å²) in [4.78, 5) is 33.0. The Labute approximate surface area is 129 Å². The van der Waals surface area contributed by atoms with E-state index in [9.17, 15) is 19.7 Å². The average Bonchev–Trinajstić information content (AvgIpc) is 2.45. The van der Waals surface area contributed by atoms with Crippen molar-refractivity contribution in [3.8, 4) is 0 Å². The van der Waals surface area contributed by atoms with Crippen LogP contribution in [0.4, 0.5) is 11.4 Å². The van der Waals surface area contributed by atoms with E-state index in [1.54, 1.807) is 0 Å². The van der Waals surface area contributed by atoms with E-state index in [-0.39, 0.29) is 21.5 Å². The molecule has 0 aliphatic carbocycles. The van der Waals surface area contributed by atoms with Crippen LogP contribution in [0.1, 0.15) is 0 Å². The largest absolute Gasteiger partial charge is 0.364 e. The Balaban J connectivity index is 2.70. The second kappa shape index (κ2) is 7.36. The molecule has 2 amide bonds. The topological polar surface area (TPSA) is 125 Å². The first kappa shape index (κ1) is 16.6. The zero-order valence-corrected chi connectivity index (χ0v) is 12.2. The van der Waals surface area contributed by atoms with Crippen molar-refractivity contribution in [1.82, 2.24) is 16.2 Å². The molecule has 0 radical (unpaired) electrons. The van der Waals surface area contributed by atoms with Crippen molar-refractivity contribution in [2.24, 2.45) is 0 Å². The van der Waals surface area contributed by atoms with Crippen molar-refractivity contribution in [3.05, 3.63) is 33.3 Å². The lowest BCUT2D eigenvalue weighted by Gasteiger charge is -2.09. The number of nitrogens with one attached hydrogen (secondary N) is 4. The fourth-order valence-electron chi connectivity index (χ4n) is 1.15. The van der Waals surface area contributed by atoms with Crippen molar-refractivity contribution < 1.29 is 14.5 Å². The monoisotopic (exact) mass is 331 g/mol. The Hall–Kier alpha value is -2.46. The molecule has 21 heavy (non-hydrogen) atoms. The van der Waals surface area contributed by atoms with Crippen LogP contribution in [-0.4, -0.2) is 28.9 Å². The number of rotatable bonds is 2. The summed E-state index contributed by atoms with van der Waals surface area (Å²) in [5, 5.41) is 15.4. The molecule has 0 saturated carbocycles. The minimum Gasteiger partial charge on any atom is -0.364 e. The molecule has 0 aliphatic heterocycles. The predicted octanol–water partition coefficient (Wildman–Crippen LogP) is 0.312. The van der Waals surface area contributed by atoms with Gasteiger partial charge >= 0.3 is 11.8 Å². The van der Waals surface area contributed by atoms with Crippen LogP contribution in [0, 0.1) is 10.1 Å². The second-order valence-electron chi connectivity index (χ2n) is 3.54. The van der Waals surface area contributed by atoms with E-state index < -0.39 is 16.7 Å². The van der Waals surface area contributed by atoms with Crippen molar-refractivity contribution in [3.63, 3.8) is 0 Å². The fraction of sp³-hybridized carbons (Fsp3) is 0.100. The molecule has 11 heteroatoms. The number of nitro benzene ring substituents is 1. The van der Waals surface area contributed by atoms with Gasteiger partial charge in [0.2, 0.25) is 0 Å². The average molecular weight is 332 g/mol. The first-order chi connectivity index (χ1) is 9.85. The highest BCUT2D eigenvalue weighted by Gasteiger charge is 2.17. The molecule has 1 rings (SSSR count). The molecule has 9 nitrogen and oxygen atoms in total. The van der Waals surface area contributed by atoms with Crippen LogP contribution in [0.5, 0.6) is 0 Å². The zero-order valence-electron chi connectivity index (χ0n) is 10.6. The van der Waals surface area contributed by atoms with E-state index in [0.29, 0.717) is 0 Å². The molecule has 0 aromatic heterocycles. The quantitative estimate of drug-likeness (QED) is 0.266. The number of halogens is 1. The van der Waals surface area contributed by atoms with Crippen LogP contribution in [0.25, 0.3) is 0 Å². The van der Waals surface area contributed by atoms with E-state index in [1.165, 1.54) is 19.2 Å². The normalized spacial score (nSPS) is 9.43. The number of carbonyl (C=O) groups excluding carboxylic acids is 2. The fourth-order valence-corrected chi connectivity index (χ4v) is 1.39. The molecular formula is C10H10ClN5O4S. The summed E-state index contributed by atoms with van der Waals surface area (Å²) in [5.41, 5.74) is 3.98. The van der Waals surface area contributed by atoms with E-state index in [4.69, 9.17) is 23.8 Å². The number of hydrogen-bond donors (Lipinski definition) is 4. The van der Waals surface area contributed by atoms with Gasteiger partial charge in [-0.3, -0.25) is 30.6 Å². The second-order valence-corrected chi connectivity index (χ2v) is 4.35. The molecule has 0 unspecified atom stereocenters. The van der Waals surface area contributed by atoms with Crippen molar-refractivity contribution in [2.75, 3.05) is 12.4 Å². The molecule has 0 spiro atoms. The molecule has 112 valence electrons. The van der Waals surface area contributed by atoms with Crippen LogP contribution in [0.3, 0.4) is 0 Å². The Morgan fingerprint density at radius 3 is 2.52 bits per heavy atom. The van der Waals surface area contributed by atoms with Gasteiger partial charge in [-0.15, -0.1) is 0 Å². The van der Waals surface area contributed by atoms with Gasteiger partial charge in [0, 0.05) is 18.8 Å². The molecule has 4 N–H and O–H groups in total. The maximum absolute atomic E-state index is 11.5. The van der Waals surface area contributed by atoms with Crippen molar-refractivity contribution >= 4 is 52.1 Å². The number of anilines is 1. The standard InChI is InChI=1S/C10H10ClN5O4S/c1-12-10(21)15-14-9(18)8(17)13-5-2-3-6(11)7(4-5)16(19)20/h2-4H,1H3,(H,13,17)(H,14,18)(H2,12,15,21).